The molecule has 0 atom stereocenters. The summed E-state index contributed by atoms with van der Waals surface area (Å²) in [6.07, 6.45) is 1.66. The van der Waals surface area contributed by atoms with E-state index in [9.17, 15) is 19.7 Å². The Labute approximate surface area is 176 Å². The van der Waals surface area contributed by atoms with Crippen LogP contribution < -0.4 is 10.7 Å². The third-order valence-electron chi connectivity index (χ3n) is 4.85. The SMILES string of the molecule is Cc1ccc(NC(=O)c2nn(-c3ccccc3[N+](=O)[O-])c(C)cc2=O)c2cccnc12. The van der Waals surface area contributed by atoms with Crippen LogP contribution in [0.1, 0.15) is 21.7 Å². The Kier molecular flexibility index (Phi) is 5.00. The first-order valence-electron chi connectivity index (χ1n) is 9.37. The number of aryl methyl sites for hydroxylation is 2. The van der Waals surface area contributed by atoms with E-state index >= 15 is 0 Å². The highest BCUT2D eigenvalue weighted by molar-refractivity contribution is 6.08. The number of amides is 1. The lowest BCUT2D eigenvalue weighted by molar-refractivity contribution is -0.384. The Balaban J connectivity index is 1.79. The summed E-state index contributed by atoms with van der Waals surface area (Å²) in [5.41, 5.74) is 1.53. The summed E-state index contributed by atoms with van der Waals surface area (Å²) in [5, 5.41) is 19.0. The van der Waals surface area contributed by atoms with Gasteiger partial charge in [-0.1, -0.05) is 18.2 Å². The lowest BCUT2D eigenvalue weighted by Crippen LogP contribution is -2.27. The number of hydrogen-bond acceptors (Lipinski definition) is 6. The molecule has 2 heterocycles. The first-order chi connectivity index (χ1) is 14.9. The molecule has 1 amide bonds. The molecule has 9 nitrogen and oxygen atoms in total. The fraction of sp³-hybridized carbons (Fsp3) is 0.0909. The molecule has 0 aliphatic carbocycles. The molecule has 0 aliphatic rings. The molecule has 31 heavy (non-hydrogen) atoms. The van der Waals surface area contributed by atoms with Crippen molar-refractivity contribution in [2.75, 3.05) is 5.32 Å². The number of aromatic nitrogens is 3. The number of nitrogens with zero attached hydrogens (tertiary/aromatic N) is 4. The van der Waals surface area contributed by atoms with Crippen molar-refractivity contribution in [3.05, 3.63) is 98.1 Å². The van der Waals surface area contributed by atoms with Crippen molar-refractivity contribution in [2.24, 2.45) is 0 Å². The number of carbonyl (C=O) groups is 1. The van der Waals surface area contributed by atoms with Crippen LogP contribution in [0.15, 0.2) is 65.6 Å². The molecule has 0 unspecified atom stereocenters. The molecular weight excluding hydrogens is 398 g/mol. The minimum absolute atomic E-state index is 0.157. The second-order valence-electron chi connectivity index (χ2n) is 6.94. The maximum atomic E-state index is 12.9. The molecule has 1 N–H and O–H groups in total. The van der Waals surface area contributed by atoms with Gasteiger partial charge in [-0.25, -0.2) is 4.68 Å². The van der Waals surface area contributed by atoms with Crippen molar-refractivity contribution in [1.82, 2.24) is 14.8 Å². The van der Waals surface area contributed by atoms with Gasteiger partial charge in [-0.15, -0.1) is 0 Å². The van der Waals surface area contributed by atoms with Gasteiger partial charge in [0, 0.05) is 29.4 Å². The molecule has 0 aliphatic heterocycles. The number of fused-ring (bicyclic) bond motifs is 1. The minimum atomic E-state index is -0.716. The van der Waals surface area contributed by atoms with Crippen LogP contribution in [0, 0.1) is 24.0 Å². The van der Waals surface area contributed by atoms with Crippen molar-refractivity contribution in [3.8, 4) is 5.69 Å². The molecule has 4 rings (SSSR count). The van der Waals surface area contributed by atoms with Crippen LogP contribution in [0.25, 0.3) is 16.6 Å². The highest BCUT2D eigenvalue weighted by Gasteiger charge is 2.20. The molecule has 0 spiro atoms. The lowest BCUT2D eigenvalue weighted by atomic mass is 10.1. The summed E-state index contributed by atoms with van der Waals surface area (Å²) in [5.74, 6) is -0.716. The Bertz CT molecular complexity index is 1410. The molecule has 2 aromatic heterocycles. The number of rotatable bonds is 4. The summed E-state index contributed by atoms with van der Waals surface area (Å²) in [6.45, 7) is 3.50. The van der Waals surface area contributed by atoms with E-state index in [1.54, 1.807) is 31.3 Å². The van der Waals surface area contributed by atoms with Gasteiger partial charge in [0.05, 0.1) is 16.1 Å². The van der Waals surface area contributed by atoms with Crippen molar-refractivity contribution in [3.63, 3.8) is 0 Å². The number of nitrogens with one attached hydrogen (secondary N) is 1. The molecule has 154 valence electrons. The zero-order valence-electron chi connectivity index (χ0n) is 16.7. The number of anilines is 1. The molecular formula is C22H17N5O4. The van der Waals surface area contributed by atoms with Crippen molar-refractivity contribution >= 4 is 28.2 Å². The zero-order chi connectivity index (χ0) is 22.1. The number of carbonyl (C=O) groups excluding carboxylic acids is 1. The van der Waals surface area contributed by atoms with Gasteiger partial charge in [-0.05, 0) is 43.7 Å². The second kappa shape index (κ2) is 7.79. The summed E-state index contributed by atoms with van der Waals surface area (Å²) in [7, 11) is 0. The molecule has 9 heteroatoms. The Hall–Kier alpha value is -4.40. The second-order valence-corrected chi connectivity index (χ2v) is 6.94. The maximum absolute atomic E-state index is 12.9. The average molecular weight is 415 g/mol. The standard InChI is InChI=1S/C22H17N5O4/c1-13-9-10-16(15-6-5-11-23-20(13)15)24-22(29)21-19(28)12-14(2)26(25-21)17-7-3-4-8-18(17)27(30)31/h3-12H,1-2H3,(H,24,29). The van der Waals surface area contributed by atoms with Crippen molar-refractivity contribution < 1.29 is 9.72 Å². The normalized spacial score (nSPS) is 10.8. The third kappa shape index (κ3) is 3.64. The molecule has 0 fully saturated rings. The van der Waals surface area contributed by atoms with Gasteiger partial charge in [0.25, 0.3) is 11.6 Å². The predicted molar refractivity (Wildman–Crippen MR) is 116 cm³/mol. The third-order valence-corrected chi connectivity index (χ3v) is 4.85. The fourth-order valence-corrected chi connectivity index (χ4v) is 3.35. The maximum Gasteiger partial charge on any atom is 0.294 e. The number of nitro benzene ring substituents is 1. The van der Waals surface area contributed by atoms with Gasteiger partial charge in [-0.3, -0.25) is 24.7 Å². The summed E-state index contributed by atoms with van der Waals surface area (Å²) >= 11 is 0. The lowest BCUT2D eigenvalue weighted by Gasteiger charge is -2.12. The predicted octanol–water partition coefficient (Wildman–Crippen LogP) is 3.56. The summed E-state index contributed by atoms with van der Waals surface area (Å²) in [4.78, 5) is 40.6. The van der Waals surface area contributed by atoms with Crippen molar-refractivity contribution in [2.45, 2.75) is 13.8 Å². The van der Waals surface area contributed by atoms with Crippen molar-refractivity contribution in [1.29, 1.82) is 0 Å². The van der Waals surface area contributed by atoms with E-state index in [2.05, 4.69) is 15.4 Å². The number of nitro groups is 1. The largest absolute Gasteiger partial charge is 0.320 e. The van der Waals surface area contributed by atoms with Crippen LogP contribution in [0.4, 0.5) is 11.4 Å². The number of hydrogen-bond donors (Lipinski definition) is 1. The Morgan fingerprint density at radius 1 is 1.10 bits per heavy atom. The summed E-state index contributed by atoms with van der Waals surface area (Å²) in [6, 6.07) is 14.3. The van der Waals surface area contributed by atoms with E-state index in [0.29, 0.717) is 11.4 Å². The van der Waals surface area contributed by atoms with Crippen LogP contribution in [0.5, 0.6) is 0 Å². The Morgan fingerprint density at radius 3 is 2.65 bits per heavy atom. The molecule has 0 radical (unpaired) electrons. The number of para-hydroxylation sites is 2. The van der Waals surface area contributed by atoms with Crippen LogP contribution in [-0.4, -0.2) is 25.6 Å². The van der Waals surface area contributed by atoms with E-state index in [0.717, 1.165) is 16.5 Å². The number of benzene rings is 2. The Morgan fingerprint density at radius 2 is 1.87 bits per heavy atom. The summed E-state index contributed by atoms with van der Waals surface area (Å²) < 4.78 is 1.23. The topological polar surface area (TPSA) is 120 Å². The molecule has 0 saturated carbocycles. The fourth-order valence-electron chi connectivity index (χ4n) is 3.35. The first kappa shape index (κ1) is 19.9. The van der Waals surface area contributed by atoms with Gasteiger partial charge in [0.15, 0.2) is 5.69 Å². The van der Waals surface area contributed by atoms with E-state index in [1.807, 2.05) is 19.1 Å². The van der Waals surface area contributed by atoms with Crippen LogP contribution in [0.2, 0.25) is 0 Å². The van der Waals surface area contributed by atoms with Crippen LogP contribution >= 0.6 is 0 Å². The van der Waals surface area contributed by atoms with Gasteiger partial charge >= 0.3 is 0 Å². The van der Waals surface area contributed by atoms with Gasteiger partial charge < -0.3 is 5.32 Å². The van der Waals surface area contributed by atoms with Crippen LogP contribution in [0.3, 0.4) is 0 Å². The monoisotopic (exact) mass is 415 g/mol. The minimum Gasteiger partial charge on any atom is -0.320 e. The van der Waals surface area contributed by atoms with E-state index in [1.165, 1.54) is 28.9 Å². The number of pyridine rings is 1. The van der Waals surface area contributed by atoms with E-state index < -0.39 is 16.3 Å². The van der Waals surface area contributed by atoms with Gasteiger partial charge in [0.1, 0.15) is 5.69 Å². The van der Waals surface area contributed by atoms with E-state index in [-0.39, 0.29) is 17.1 Å². The van der Waals surface area contributed by atoms with Gasteiger partial charge in [0.2, 0.25) is 5.43 Å². The molecule has 4 aromatic rings. The zero-order valence-corrected chi connectivity index (χ0v) is 16.7. The quantitative estimate of drug-likeness (QED) is 0.402. The van der Waals surface area contributed by atoms with Crippen LogP contribution in [-0.2, 0) is 0 Å². The van der Waals surface area contributed by atoms with Gasteiger partial charge in [-0.2, -0.15) is 5.10 Å². The molecule has 0 saturated heterocycles. The average Bonchev–Trinajstić information content (AvgIpc) is 2.76. The first-order valence-corrected chi connectivity index (χ1v) is 9.37. The molecule has 0 bridgehead atoms. The van der Waals surface area contributed by atoms with E-state index in [4.69, 9.17) is 0 Å². The smallest absolute Gasteiger partial charge is 0.294 e. The highest BCUT2D eigenvalue weighted by atomic mass is 16.6. The molecule has 2 aromatic carbocycles. The highest BCUT2D eigenvalue weighted by Crippen LogP contribution is 2.25.